The molecule has 64 valence electrons. The van der Waals surface area contributed by atoms with E-state index >= 15 is 0 Å². The quantitative estimate of drug-likeness (QED) is 0.504. The zero-order valence-corrected chi connectivity index (χ0v) is 9.52. The second-order valence-corrected chi connectivity index (χ2v) is 9.58. The largest absolute Gasteiger partial charge is 0.540 e. The molecule has 0 heterocycles. The van der Waals surface area contributed by atoms with Gasteiger partial charge in [0.25, 0.3) is 0 Å². The Kier molecular flexibility index (Phi) is 4.81. The van der Waals surface area contributed by atoms with E-state index in [1.54, 1.807) is 5.82 Å². The third-order valence-electron chi connectivity index (χ3n) is 0.953. The molecular formula is C7H16O2PSi+. The van der Waals surface area contributed by atoms with Gasteiger partial charge >= 0.3 is 8.03 Å². The molecule has 0 aromatic heterocycles. The van der Waals surface area contributed by atoms with E-state index in [1.165, 1.54) is 0 Å². The van der Waals surface area contributed by atoms with Crippen molar-refractivity contribution in [3.8, 4) is 0 Å². The summed E-state index contributed by atoms with van der Waals surface area (Å²) in [7, 11) is -2.73. The van der Waals surface area contributed by atoms with Crippen LogP contribution in [-0.4, -0.2) is 14.7 Å². The maximum absolute atomic E-state index is 11.0. The maximum Gasteiger partial charge on any atom is 0.540 e. The van der Waals surface area contributed by atoms with E-state index in [0.29, 0.717) is 6.61 Å². The summed E-state index contributed by atoms with van der Waals surface area (Å²) in [6.07, 6.45) is 0. The lowest BCUT2D eigenvalue weighted by Crippen LogP contribution is -2.14. The Bertz CT molecular complexity index is 160. The van der Waals surface area contributed by atoms with E-state index in [9.17, 15) is 4.57 Å². The van der Waals surface area contributed by atoms with Crippen molar-refractivity contribution < 1.29 is 9.09 Å². The molecule has 0 radical (unpaired) electrons. The van der Waals surface area contributed by atoms with Gasteiger partial charge in [0, 0.05) is 0 Å². The van der Waals surface area contributed by atoms with Gasteiger partial charge in [-0.25, -0.2) is 0 Å². The average Bonchev–Trinajstić information content (AvgIpc) is 1.83. The van der Waals surface area contributed by atoms with Gasteiger partial charge in [-0.05, 0) is 17.2 Å². The highest BCUT2D eigenvalue weighted by molar-refractivity contribution is 7.43. The minimum Gasteiger partial charge on any atom is -0.143 e. The van der Waals surface area contributed by atoms with E-state index in [1.807, 2.05) is 12.6 Å². The normalized spacial score (nSPS) is 14.0. The van der Waals surface area contributed by atoms with Crippen molar-refractivity contribution in [2.24, 2.45) is 0 Å². The molecule has 2 nitrogen and oxygen atoms in total. The molecule has 0 aliphatic rings. The lowest BCUT2D eigenvalue weighted by molar-refractivity contribution is 0.356. The Hall–Kier alpha value is 0.0169. The van der Waals surface area contributed by atoms with Crippen molar-refractivity contribution in [1.29, 1.82) is 0 Å². The van der Waals surface area contributed by atoms with E-state index in [0.717, 1.165) is 0 Å². The van der Waals surface area contributed by atoms with Crippen LogP contribution in [-0.2, 0) is 9.09 Å². The van der Waals surface area contributed by atoms with E-state index in [4.69, 9.17) is 4.52 Å². The van der Waals surface area contributed by atoms with Gasteiger partial charge in [0.15, 0.2) is 5.82 Å². The molecule has 0 saturated carbocycles. The van der Waals surface area contributed by atoms with Crippen LogP contribution in [0.5, 0.6) is 0 Å². The zero-order valence-electron chi connectivity index (χ0n) is 7.63. The van der Waals surface area contributed by atoms with Gasteiger partial charge in [0.05, 0.1) is 8.07 Å². The minimum atomic E-state index is -1.54. The third kappa shape index (κ3) is 7.92. The topological polar surface area (TPSA) is 26.3 Å². The molecule has 4 heteroatoms. The molecule has 0 amide bonds. The maximum atomic E-state index is 11.0. The Morgan fingerprint density at radius 1 is 1.45 bits per heavy atom. The first-order valence-corrected chi connectivity index (χ1v) is 8.57. The highest BCUT2D eigenvalue weighted by Gasteiger charge is 2.15. The van der Waals surface area contributed by atoms with Crippen LogP contribution in [0.2, 0.25) is 19.6 Å². The van der Waals surface area contributed by atoms with Gasteiger partial charge < -0.3 is 0 Å². The summed E-state index contributed by atoms with van der Waals surface area (Å²) in [5, 5.41) is 0. The van der Waals surface area contributed by atoms with Crippen molar-refractivity contribution in [2.75, 3.05) is 6.61 Å². The van der Waals surface area contributed by atoms with Crippen molar-refractivity contribution in [2.45, 2.75) is 26.6 Å². The fraction of sp³-hybridized carbons (Fsp3) is 0.714. The van der Waals surface area contributed by atoms with Crippen LogP contribution in [0.15, 0.2) is 11.5 Å². The van der Waals surface area contributed by atoms with Crippen LogP contribution >= 0.6 is 8.03 Å². The highest BCUT2D eigenvalue weighted by atomic mass is 31.1. The monoisotopic (exact) mass is 191 g/mol. The Morgan fingerprint density at radius 3 is 2.36 bits per heavy atom. The number of hydrogen-bond donors (Lipinski definition) is 0. The van der Waals surface area contributed by atoms with E-state index in [-0.39, 0.29) is 0 Å². The highest BCUT2D eigenvalue weighted by Crippen LogP contribution is 2.24. The zero-order chi connectivity index (χ0) is 8.91. The van der Waals surface area contributed by atoms with Gasteiger partial charge in [-0.3, -0.25) is 0 Å². The fourth-order valence-electron chi connectivity index (χ4n) is 0.455. The average molecular weight is 191 g/mol. The van der Waals surface area contributed by atoms with Gasteiger partial charge in [0.2, 0.25) is 0 Å². The molecule has 0 aliphatic heterocycles. The first-order valence-electron chi connectivity index (χ1n) is 3.74. The predicted octanol–water partition coefficient (Wildman–Crippen LogP) is 3.16. The predicted molar refractivity (Wildman–Crippen MR) is 51.7 cm³/mol. The molecule has 0 N–H and O–H groups in total. The molecule has 0 fully saturated rings. The molecular weight excluding hydrogens is 175 g/mol. The van der Waals surface area contributed by atoms with Crippen LogP contribution in [0.1, 0.15) is 6.92 Å². The van der Waals surface area contributed by atoms with Crippen molar-refractivity contribution in [1.82, 2.24) is 0 Å². The van der Waals surface area contributed by atoms with Gasteiger partial charge in [0.1, 0.15) is 6.61 Å². The standard InChI is InChI=1S/C7H16O2PSi/c1-5-9-10(8)6-7-11(2,3)4/h6-7H,5H2,1-4H3/q+1/b7-6+. The van der Waals surface area contributed by atoms with E-state index < -0.39 is 16.1 Å². The smallest absolute Gasteiger partial charge is 0.143 e. The number of rotatable bonds is 4. The lowest BCUT2D eigenvalue weighted by Gasteiger charge is -2.04. The molecule has 1 atom stereocenters. The summed E-state index contributed by atoms with van der Waals surface area (Å²) >= 11 is 0. The van der Waals surface area contributed by atoms with Gasteiger partial charge in [-0.15, -0.1) is 4.52 Å². The number of hydrogen-bond acceptors (Lipinski definition) is 2. The van der Waals surface area contributed by atoms with Crippen molar-refractivity contribution in [3.63, 3.8) is 0 Å². The summed E-state index contributed by atoms with van der Waals surface area (Å²) in [6, 6.07) is 0. The molecule has 0 aromatic carbocycles. The van der Waals surface area contributed by atoms with Crippen LogP contribution in [0.25, 0.3) is 0 Å². The van der Waals surface area contributed by atoms with Crippen LogP contribution in [0.4, 0.5) is 0 Å². The summed E-state index contributed by atoms with van der Waals surface area (Å²) < 4.78 is 15.8. The second kappa shape index (κ2) is 4.81. The molecule has 0 spiro atoms. The Labute approximate surface area is 70.5 Å². The van der Waals surface area contributed by atoms with Crippen molar-refractivity contribution >= 4 is 16.1 Å². The molecule has 0 aliphatic carbocycles. The molecule has 0 saturated heterocycles. The van der Waals surface area contributed by atoms with Crippen LogP contribution in [0, 0.1) is 0 Å². The third-order valence-corrected chi connectivity index (χ3v) is 3.30. The molecule has 0 aromatic rings. The molecule has 1 unspecified atom stereocenters. The summed E-state index contributed by atoms with van der Waals surface area (Å²) in [4.78, 5) is 0. The summed E-state index contributed by atoms with van der Waals surface area (Å²) in [6.45, 7) is 8.94. The van der Waals surface area contributed by atoms with Crippen LogP contribution < -0.4 is 0 Å². The second-order valence-electron chi connectivity index (χ2n) is 3.38. The van der Waals surface area contributed by atoms with Crippen LogP contribution in [0.3, 0.4) is 0 Å². The van der Waals surface area contributed by atoms with Crippen molar-refractivity contribution in [3.05, 3.63) is 11.5 Å². The van der Waals surface area contributed by atoms with Gasteiger partial charge in [-0.2, -0.15) is 0 Å². The fourth-order valence-corrected chi connectivity index (χ4v) is 3.07. The van der Waals surface area contributed by atoms with Gasteiger partial charge in [-0.1, -0.05) is 19.6 Å². The molecule has 0 rings (SSSR count). The Morgan fingerprint density at radius 2 is 2.00 bits per heavy atom. The summed E-state index contributed by atoms with van der Waals surface area (Å²) in [5.41, 5.74) is 2.04. The first kappa shape index (κ1) is 11.0. The SMILES string of the molecule is CCO[P+](=O)/C=C/[Si](C)(C)C. The van der Waals surface area contributed by atoms with E-state index in [2.05, 4.69) is 19.6 Å². The summed E-state index contributed by atoms with van der Waals surface area (Å²) in [5.74, 6) is 1.69. The first-order chi connectivity index (χ1) is 4.95. The Balaban J connectivity index is 3.83. The minimum absolute atomic E-state index is 0.519. The lowest BCUT2D eigenvalue weighted by atomic mass is 10.9. The molecule has 11 heavy (non-hydrogen) atoms. The molecule has 0 bridgehead atoms.